The summed E-state index contributed by atoms with van der Waals surface area (Å²) in [5.74, 6) is -0.935. The van der Waals surface area contributed by atoms with E-state index in [4.69, 9.17) is 14.2 Å². The molecule has 0 amide bonds. The van der Waals surface area contributed by atoms with Gasteiger partial charge in [0.05, 0.1) is 0 Å². The summed E-state index contributed by atoms with van der Waals surface area (Å²) >= 11 is 0. The van der Waals surface area contributed by atoms with Crippen molar-refractivity contribution in [2.24, 2.45) is 0 Å². The van der Waals surface area contributed by atoms with Gasteiger partial charge in [-0.25, -0.2) is 0 Å². The Morgan fingerprint density at radius 2 is 0.612 bits per heavy atom. The highest BCUT2D eigenvalue weighted by atomic mass is 16.6. The molecule has 0 aliphatic rings. The molecule has 0 N–H and O–H groups in total. The van der Waals surface area contributed by atoms with Gasteiger partial charge < -0.3 is 14.2 Å². The summed E-state index contributed by atoms with van der Waals surface area (Å²) < 4.78 is 16.8. The summed E-state index contributed by atoms with van der Waals surface area (Å²) in [5.41, 5.74) is 0. The van der Waals surface area contributed by atoms with E-state index < -0.39 is 6.10 Å². The van der Waals surface area contributed by atoms with Gasteiger partial charge in [-0.2, -0.15) is 0 Å². The minimum absolute atomic E-state index is 0.0914. The minimum Gasteiger partial charge on any atom is -0.462 e. The minimum atomic E-state index is -0.797. The predicted molar refractivity (Wildman–Crippen MR) is 288 cm³/mol. The van der Waals surface area contributed by atoms with Gasteiger partial charge in [-0.15, -0.1) is 0 Å². The smallest absolute Gasteiger partial charge is 0.306 e. The van der Waals surface area contributed by atoms with Gasteiger partial charge in [0.2, 0.25) is 0 Å². The zero-order valence-corrected chi connectivity index (χ0v) is 44.4. The molecule has 0 saturated heterocycles. The first-order chi connectivity index (χ1) is 33.0. The number of esters is 3. The van der Waals surface area contributed by atoms with Crippen LogP contribution < -0.4 is 0 Å². The van der Waals surface area contributed by atoms with Crippen LogP contribution in [-0.2, 0) is 28.6 Å². The number of carbonyl (C=O) groups excluding carboxylic acids is 3. The Morgan fingerprint density at radius 1 is 0.313 bits per heavy atom. The monoisotopic (exact) mass is 937 g/mol. The molecule has 0 aromatic rings. The number of ether oxygens (including phenoxy) is 3. The van der Waals surface area contributed by atoms with Gasteiger partial charge in [0.15, 0.2) is 6.10 Å². The fourth-order valence-corrected chi connectivity index (χ4v) is 8.20. The van der Waals surface area contributed by atoms with E-state index in [1.807, 2.05) is 0 Å². The summed E-state index contributed by atoms with van der Waals surface area (Å²) in [6.45, 7) is 6.45. The molecule has 6 nitrogen and oxygen atoms in total. The van der Waals surface area contributed by atoms with Gasteiger partial charge in [0.25, 0.3) is 0 Å². The maximum absolute atomic E-state index is 12.8. The Morgan fingerprint density at radius 3 is 1.01 bits per heavy atom. The van der Waals surface area contributed by atoms with E-state index in [1.165, 1.54) is 148 Å². The quantitative estimate of drug-likeness (QED) is 0.0262. The molecule has 67 heavy (non-hydrogen) atoms. The average molecular weight is 938 g/mol. The molecule has 0 heterocycles. The van der Waals surface area contributed by atoms with Crippen LogP contribution in [0.1, 0.15) is 290 Å². The second kappa shape index (κ2) is 55.7. The van der Waals surface area contributed by atoms with Crippen LogP contribution in [0.25, 0.3) is 0 Å². The van der Waals surface area contributed by atoms with Crippen molar-refractivity contribution in [3.8, 4) is 0 Å². The molecule has 0 spiro atoms. The van der Waals surface area contributed by atoms with E-state index in [0.29, 0.717) is 19.3 Å². The topological polar surface area (TPSA) is 78.9 Å². The van der Waals surface area contributed by atoms with Crippen molar-refractivity contribution < 1.29 is 28.6 Å². The largest absolute Gasteiger partial charge is 0.462 e. The molecule has 388 valence electrons. The summed E-state index contributed by atoms with van der Waals surface area (Å²) in [4.78, 5) is 38.0. The summed E-state index contributed by atoms with van der Waals surface area (Å²) in [6.07, 6.45) is 69.5. The lowest BCUT2D eigenvalue weighted by Gasteiger charge is -2.18. The number of carbonyl (C=O) groups is 3. The highest BCUT2D eigenvalue weighted by molar-refractivity contribution is 5.71. The zero-order valence-electron chi connectivity index (χ0n) is 44.4. The normalized spacial score (nSPS) is 12.5. The van der Waals surface area contributed by atoms with Crippen LogP contribution in [0, 0.1) is 0 Å². The van der Waals surface area contributed by atoms with Crippen LogP contribution in [0.15, 0.2) is 60.8 Å². The molecular formula is C61H108O6. The molecule has 0 aliphatic heterocycles. The van der Waals surface area contributed by atoms with E-state index >= 15 is 0 Å². The van der Waals surface area contributed by atoms with Crippen molar-refractivity contribution in [2.75, 3.05) is 13.2 Å². The second-order valence-corrected chi connectivity index (χ2v) is 19.2. The van der Waals surface area contributed by atoms with Gasteiger partial charge in [-0.05, 0) is 77.0 Å². The van der Waals surface area contributed by atoms with Crippen LogP contribution in [0.3, 0.4) is 0 Å². The van der Waals surface area contributed by atoms with Gasteiger partial charge in [-0.1, -0.05) is 255 Å². The lowest BCUT2D eigenvalue weighted by molar-refractivity contribution is -0.167. The molecule has 6 heteroatoms. The lowest BCUT2D eigenvalue weighted by atomic mass is 10.0. The number of hydrogen-bond donors (Lipinski definition) is 0. The van der Waals surface area contributed by atoms with Crippen LogP contribution >= 0.6 is 0 Å². The third-order valence-corrected chi connectivity index (χ3v) is 12.5. The van der Waals surface area contributed by atoms with Crippen molar-refractivity contribution in [3.63, 3.8) is 0 Å². The first-order valence-electron chi connectivity index (χ1n) is 28.8. The van der Waals surface area contributed by atoms with Gasteiger partial charge in [0, 0.05) is 19.3 Å². The van der Waals surface area contributed by atoms with Crippen molar-refractivity contribution >= 4 is 17.9 Å². The molecule has 0 aromatic heterocycles. The Labute approximate surface area is 415 Å². The fourth-order valence-electron chi connectivity index (χ4n) is 8.20. The molecular weight excluding hydrogens is 829 g/mol. The van der Waals surface area contributed by atoms with Crippen LogP contribution in [0.4, 0.5) is 0 Å². The van der Waals surface area contributed by atoms with E-state index in [-0.39, 0.29) is 37.5 Å². The highest BCUT2D eigenvalue weighted by Gasteiger charge is 2.19. The van der Waals surface area contributed by atoms with Gasteiger partial charge >= 0.3 is 17.9 Å². The molecule has 0 saturated carbocycles. The number of allylic oxidation sites excluding steroid dienone is 10. The average Bonchev–Trinajstić information content (AvgIpc) is 3.33. The van der Waals surface area contributed by atoms with Gasteiger partial charge in [-0.3, -0.25) is 14.4 Å². The molecule has 0 bridgehead atoms. The SMILES string of the molecule is CC/C=C\C/C=C\C/C=C\C/C=C\CCCCC(=O)OC(COC(=O)CCCCCCC/C=C\CCC)COC(=O)CCCCCCCCCCCCCCCCCCCCCCCCCC. The van der Waals surface area contributed by atoms with Crippen molar-refractivity contribution in [3.05, 3.63) is 60.8 Å². The fraction of sp³-hybridized carbons (Fsp3) is 0.787. The molecule has 0 aromatic carbocycles. The Kier molecular flexibility index (Phi) is 53.3. The third-order valence-electron chi connectivity index (χ3n) is 12.5. The molecule has 0 fully saturated rings. The molecule has 0 rings (SSSR count). The lowest BCUT2D eigenvalue weighted by Crippen LogP contribution is -2.30. The predicted octanol–water partition coefficient (Wildman–Crippen LogP) is 19.2. The van der Waals surface area contributed by atoms with Gasteiger partial charge in [0.1, 0.15) is 13.2 Å². The summed E-state index contributed by atoms with van der Waals surface area (Å²) in [5, 5.41) is 0. The summed E-state index contributed by atoms with van der Waals surface area (Å²) in [6, 6.07) is 0. The molecule has 0 aliphatic carbocycles. The standard InChI is InChI=1S/C61H108O6/c1-4-7-10-13-16-19-22-24-26-27-28-29-30-31-32-33-34-36-37-39-42-45-48-51-54-60(63)66-57-58(56-65-59(62)53-50-47-44-41-21-18-15-12-9-6-3)67-61(64)55-52-49-46-43-40-38-35-25-23-20-17-14-11-8-5-2/h8,11-12,15,17,20,25,35,40,43,58H,4-7,9-10,13-14,16,18-19,21-24,26-34,36-39,41-42,44-57H2,1-3H3/b11-8-,15-12-,20-17-,35-25-,43-40-. The Hall–Kier alpha value is -2.89. The number of rotatable bonds is 52. The summed E-state index contributed by atoms with van der Waals surface area (Å²) in [7, 11) is 0. The Bertz CT molecular complexity index is 1210. The third kappa shape index (κ3) is 53.9. The van der Waals surface area contributed by atoms with Crippen molar-refractivity contribution in [1.82, 2.24) is 0 Å². The highest BCUT2D eigenvalue weighted by Crippen LogP contribution is 2.17. The Balaban J connectivity index is 4.24. The number of unbranched alkanes of at least 4 members (excludes halogenated alkanes) is 31. The van der Waals surface area contributed by atoms with E-state index in [9.17, 15) is 14.4 Å². The van der Waals surface area contributed by atoms with E-state index in [0.717, 1.165) is 96.3 Å². The van der Waals surface area contributed by atoms with Crippen LogP contribution in [-0.4, -0.2) is 37.2 Å². The number of hydrogen-bond acceptors (Lipinski definition) is 6. The maximum atomic E-state index is 12.8. The second-order valence-electron chi connectivity index (χ2n) is 19.2. The first-order valence-corrected chi connectivity index (χ1v) is 28.8. The molecule has 0 radical (unpaired) electrons. The zero-order chi connectivity index (χ0) is 48.6. The first kappa shape index (κ1) is 64.1. The van der Waals surface area contributed by atoms with Crippen LogP contribution in [0.5, 0.6) is 0 Å². The van der Waals surface area contributed by atoms with Crippen molar-refractivity contribution in [2.45, 2.75) is 297 Å². The van der Waals surface area contributed by atoms with Crippen LogP contribution in [0.2, 0.25) is 0 Å². The van der Waals surface area contributed by atoms with Crippen molar-refractivity contribution in [1.29, 1.82) is 0 Å². The van der Waals surface area contributed by atoms with E-state index in [1.54, 1.807) is 0 Å². The molecule has 1 atom stereocenters. The molecule has 1 unspecified atom stereocenters. The maximum Gasteiger partial charge on any atom is 0.306 e. The van der Waals surface area contributed by atoms with E-state index in [2.05, 4.69) is 81.5 Å².